The Balaban J connectivity index is 1.76. The lowest BCUT2D eigenvalue weighted by Crippen LogP contribution is -2.57. The molecule has 0 aromatic heterocycles. The Labute approximate surface area is 217 Å². The summed E-state index contributed by atoms with van der Waals surface area (Å²) in [5.41, 5.74) is 1.55. The second-order valence-corrected chi connectivity index (χ2v) is 9.80. The smallest absolute Gasteiger partial charge is 0.247 e. The molecule has 1 saturated heterocycles. The lowest BCUT2D eigenvalue weighted by molar-refractivity contribution is -0.139. The summed E-state index contributed by atoms with van der Waals surface area (Å²) in [6.45, 7) is 2.56. The molecule has 10 heteroatoms. The van der Waals surface area contributed by atoms with Crippen LogP contribution in [0.25, 0.3) is 0 Å². The maximum atomic E-state index is 13.4. The molecule has 10 nitrogen and oxygen atoms in total. The largest absolute Gasteiger partial charge is 0.493 e. The molecule has 2 aliphatic heterocycles. The Bertz CT molecular complexity index is 1010. The van der Waals surface area contributed by atoms with E-state index in [0.29, 0.717) is 54.2 Å². The lowest BCUT2D eigenvalue weighted by Gasteiger charge is -2.41. The third kappa shape index (κ3) is 5.62. The maximum Gasteiger partial charge on any atom is 0.247 e. The van der Waals surface area contributed by atoms with Crippen molar-refractivity contribution < 1.29 is 39.1 Å². The molecule has 3 aliphatic rings. The van der Waals surface area contributed by atoms with Gasteiger partial charge in [-0.05, 0) is 43.0 Å². The number of ether oxygens (including phenoxy) is 3. The van der Waals surface area contributed by atoms with Crippen LogP contribution >= 0.6 is 0 Å². The molecule has 2 heterocycles. The van der Waals surface area contributed by atoms with Gasteiger partial charge in [0, 0.05) is 37.3 Å². The van der Waals surface area contributed by atoms with E-state index < -0.39 is 30.1 Å². The highest BCUT2D eigenvalue weighted by Crippen LogP contribution is 2.51. The molecule has 2 amide bonds. The molecule has 0 saturated carbocycles. The van der Waals surface area contributed by atoms with E-state index in [9.17, 15) is 24.9 Å². The van der Waals surface area contributed by atoms with Crippen molar-refractivity contribution in [3.05, 3.63) is 34.9 Å². The number of carbonyl (C=O) groups excluding carboxylic acids is 2. The molecule has 204 valence electrons. The minimum atomic E-state index is -1.12. The predicted molar refractivity (Wildman–Crippen MR) is 134 cm³/mol. The van der Waals surface area contributed by atoms with Crippen molar-refractivity contribution in [2.45, 2.75) is 75.9 Å². The molecule has 1 aromatic rings. The first-order valence-electron chi connectivity index (χ1n) is 13.1. The van der Waals surface area contributed by atoms with E-state index >= 15 is 0 Å². The van der Waals surface area contributed by atoms with Gasteiger partial charge >= 0.3 is 0 Å². The fourth-order valence-electron chi connectivity index (χ4n) is 5.49. The summed E-state index contributed by atoms with van der Waals surface area (Å²) in [7, 11) is 1.49. The molecule has 0 bridgehead atoms. The summed E-state index contributed by atoms with van der Waals surface area (Å²) in [6.07, 6.45) is 3.18. The molecule has 5 unspecified atom stereocenters. The summed E-state index contributed by atoms with van der Waals surface area (Å²) in [5.74, 6) is -0.371. The van der Waals surface area contributed by atoms with E-state index in [4.69, 9.17) is 14.2 Å². The Morgan fingerprint density at radius 2 is 2.08 bits per heavy atom. The van der Waals surface area contributed by atoms with Gasteiger partial charge in [0.25, 0.3) is 0 Å². The van der Waals surface area contributed by atoms with E-state index in [2.05, 4.69) is 5.32 Å². The van der Waals surface area contributed by atoms with Crippen molar-refractivity contribution in [2.75, 3.05) is 33.4 Å². The average Bonchev–Trinajstić information content (AvgIpc) is 3.57. The van der Waals surface area contributed by atoms with Gasteiger partial charge in [0.2, 0.25) is 11.8 Å². The third-order valence-electron chi connectivity index (χ3n) is 7.34. The van der Waals surface area contributed by atoms with E-state index in [0.717, 1.165) is 19.3 Å². The quantitative estimate of drug-likeness (QED) is 0.341. The number of carbonyl (C=O) groups is 2. The Hall–Kier alpha value is -2.66. The van der Waals surface area contributed by atoms with Crippen LogP contribution in [-0.4, -0.2) is 89.8 Å². The van der Waals surface area contributed by atoms with E-state index in [1.165, 1.54) is 7.11 Å². The van der Waals surface area contributed by atoms with E-state index in [1.807, 2.05) is 6.92 Å². The van der Waals surface area contributed by atoms with Crippen LogP contribution in [-0.2, 0) is 20.9 Å². The number of methoxy groups -OCH3 is 1. The van der Waals surface area contributed by atoms with Gasteiger partial charge in [0.15, 0.2) is 11.5 Å². The molecule has 37 heavy (non-hydrogen) atoms. The van der Waals surface area contributed by atoms with Crippen LogP contribution in [0.4, 0.5) is 0 Å². The van der Waals surface area contributed by atoms with Crippen molar-refractivity contribution in [1.29, 1.82) is 0 Å². The van der Waals surface area contributed by atoms with Crippen molar-refractivity contribution in [2.24, 2.45) is 0 Å². The Morgan fingerprint density at radius 3 is 2.73 bits per heavy atom. The summed E-state index contributed by atoms with van der Waals surface area (Å²) < 4.78 is 17.5. The molecule has 5 atom stereocenters. The molecule has 4 rings (SSSR count). The van der Waals surface area contributed by atoms with Crippen LogP contribution < -0.4 is 14.8 Å². The number of rotatable bonds is 11. The fraction of sp³-hybridized carbons (Fsp3) is 0.630. The van der Waals surface area contributed by atoms with Gasteiger partial charge in [0.1, 0.15) is 12.2 Å². The zero-order valence-electron chi connectivity index (χ0n) is 21.5. The predicted octanol–water partition coefficient (Wildman–Crippen LogP) is 1.01. The summed E-state index contributed by atoms with van der Waals surface area (Å²) >= 11 is 0. The number of hydrogen-bond donors (Lipinski definition) is 4. The minimum absolute atomic E-state index is 0.0591. The normalized spacial score (nSPS) is 26.1. The maximum absolute atomic E-state index is 13.4. The number of amides is 2. The number of nitrogens with one attached hydrogen (secondary N) is 1. The highest BCUT2D eigenvalue weighted by Gasteiger charge is 2.51. The van der Waals surface area contributed by atoms with Crippen LogP contribution in [0.5, 0.6) is 11.5 Å². The Morgan fingerprint density at radius 1 is 1.27 bits per heavy atom. The zero-order valence-corrected chi connectivity index (χ0v) is 21.5. The van der Waals surface area contributed by atoms with Gasteiger partial charge < -0.3 is 39.7 Å². The average molecular weight is 519 g/mol. The fourth-order valence-corrected chi connectivity index (χ4v) is 5.49. The summed E-state index contributed by atoms with van der Waals surface area (Å²) in [6, 6.07) is 2.61. The molecular weight excluding hydrogens is 480 g/mol. The monoisotopic (exact) mass is 518 g/mol. The third-order valence-corrected chi connectivity index (χ3v) is 7.34. The van der Waals surface area contributed by atoms with Crippen molar-refractivity contribution in [3.63, 3.8) is 0 Å². The number of hydrogen-bond acceptors (Lipinski definition) is 8. The zero-order chi connectivity index (χ0) is 26.5. The highest BCUT2D eigenvalue weighted by atomic mass is 16.5. The lowest BCUT2D eigenvalue weighted by atomic mass is 9.77. The molecule has 1 fully saturated rings. The number of fused-ring (bicyclic) bond motifs is 3. The molecule has 0 spiro atoms. The van der Waals surface area contributed by atoms with Gasteiger partial charge in [-0.25, -0.2) is 0 Å². The molecule has 0 radical (unpaired) electrons. The number of aliphatic hydroxyl groups is 3. The first kappa shape index (κ1) is 27.4. The molecule has 1 aromatic carbocycles. The van der Waals surface area contributed by atoms with Gasteiger partial charge in [-0.1, -0.05) is 13.3 Å². The van der Waals surface area contributed by atoms with Crippen molar-refractivity contribution in [1.82, 2.24) is 10.2 Å². The van der Waals surface area contributed by atoms with Crippen molar-refractivity contribution in [3.8, 4) is 11.5 Å². The van der Waals surface area contributed by atoms with Crippen LogP contribution in [0.3, 0.4) is 0 Å². The van der Waals surface area contributed by atoms with Crippen LogP contribution in [0.2, 0.25) is 0 Å². The van der Waals surface area contributed by atoms with Crippen LogP contribution in [0, 0.1) is 0 Å². The van der Waals surface area contributed by atoms with Crippen molar-refractivity contribution >= 4 is 11.8 Å². The standard InChI is InChI=1S/C27H38N2O8/c1-3-4-7-22(32)29(14-17-6-5-10-36-17)20-13-19(27(34)28-8-9-30)23-18-11-16(15-31)12-21(35-2)25(18)37-26(23)24(20)33/h11-13,17,20,23-24,26,30-31,33H,3-10,14-15H2,1-2H3,(H,28,34). The first-order chi connectivity index (χ1) is 17.9. The molecule has 4 N–H and O–H groups in total. The van der Waals surface area contributed by atoms with E-state index in [-0.39, 0.29) is 31.8 Å². The van der Waals surface area contributed by atoms with Gasteiger partial charge in [0.05, 0.1) is 38.4 Å². The molecular formula is C27H38N2O8. The SMILES string of the molecule is CCCCC(=O)N(CC1CCCO1)C1C=C(C(=O)NCCO)C2c3cc(CO)cc(OC)c3OC2C1O. The highest BCUT2D eigenvalue weighted by molar-refractivity contribution is 5.96. The van der Waals surface area contributed by atoms with E-state index in [1.54, 1.807) is 23.1 Å². The van der Waals surface area contributed by atoms with Gasteiger partial charge in [-0.2, -0.15) is 0 Å². The minimum Gasteiger partial charge on any atom is -0.493 e. The Kier molecular flexibility index (Phi) is 9.07. The van der Waals surface area contributed by atoms with Gasteiger partial charge in [-0.3, -0.25) is 9.59 Å². The summed E-state index contributed by atoms with van der Waals surface area (Å²) in [5, 5.41) is 33.4. The second-order valence-electron chi connectivity index (χ2n) is 9.80. The number of benzene rings is 1. The number of nitrogens with zero attached hydrogens (tertiary/aromatic N) is 1. The molecule has 1 aliphatic carbocycles. The topological polar surface area (TPSA) is 138 Å². The van der Waals surface area contributed by atoms with Crippen LogP contribution in [0.15, 0.2) is 23.8 Å². The summed E-state index contributed by atoms with van der Waals surface area (Å²) in [4.78, 5) is 28.4. The second kappa shape index (κ2) is 12.3. The number of unbranched alkanes of at least 4 members (excludes halogenated alkanes) is 1. The van der Waals surface area contributed by atoms with Gasteiger partial charge in [-0.15, -0.1) is 0 Å². The van der Waals surface area contributed by atoms with Crippen LogP contribution in [0.1, 0.15) is 56.1 Å². The number of aliphatic hydroxyl groups excluding tert-OH is 3. The first-order valence-corrected chi connectivity index (χ1v) is 13.1.